The molecule has 0 fully saturated rings. The Labute approximate surface area is 272 Å². The number of aliphatic hydroxyl groups excluding tert-OH is 1. The summed E-state index contributed by atoms with van der Waals surface area (Å²) < 4.78 is 23.4. The molecule has 3 N–H and O–H groups in total. The van der Waals surface area contributed by atoms with Gasteiger partial charge in [0.1, 0.15) is 13.2 Å². The molecule has 264 valence electrons. The van der Waals surface area contributed by atoms with E-state index in [0.717, 1.165) is 38.5 Å². The van der Waals surface area contributed by atoms with Gasteiger partial charge in [0.15, 0.2) is 0 Å². The molecule has 0 aliphatic carbocycles. The van der Waals surface area contributed by atoms with Gasteiger partial charge in [-0.25, -0.2) is 4.57 Å². The summed E-state index contributed by atoms with van der Waals surface area (Å²) in [7, 11) is 1.62. The van der Waals surface area contributed by atoms with Crippen molar-refractivity contribution in [2.45, 2.75) is 180 Å². The smallest absolute Gasteiger partial charge is 0.391 e. The van der Waals surface area contributed by atoms with Gasteiger partial charge in [0.05, 0.1) is 39.9 Å². The van der Waals surface area contributed by atoms with Gasteiger partial charge >= 0.3 is 7.82 Å². The van der Waals surface area contributed by atoms with E-state index in [2.05, 4.69) is 19.2 Å². The highest BCUT2D eigenvalue weighted by atomic mass is 31.2. The number of likely N-dealkylation sites (N-methyl/N-ethyl adjacent to an activating group) is 1. The molecule has 3 unspecified atom stereocenters. The summed E-state index contributed by atoms with van der Waals surface area (Å²) in [5.74, 6) is -0.148. The summed E-state index contributed by atoms with van der Waals surface area (Å²) in [6.07, 6.45) is 26.9. The van der Waals surface area contributed by atoms with Crippen molar-refractivity contribution in [2.24, 2.45) is 0 Å². The number of unbranched alkanes of at least 4 members (excludes halogenated alkanes) is 20. The minimum atomic E-state index is -4.29. The Kier molecular flexibility index (Phi) is 28.4. The van der Waals surface area contributed by atoms with Gasteiger partial charge in [-0.15, -0.1) is 0 Å². The number of phosphoric acid groups is 1. The molecule has 0 aromatic rings. The van der Waals surface area contributed by atoms with Gasteiger partial charge in [0.25, 0.3) is 0 Å². The average molecular weight is 650 g/mol. The molecule has 8 nitrogen and oxygen atoms in total. The molecule has 1 amide bonds. The first-order valence-electron chi connectivity index (χ1n) is 18.4. The van der Waals surface area contributed by atoms with Gasteiger partial charge in [0.2, 0.25) is 5.91 Å². The van der Waals surface area contributed by atoms with E-state index in [4.69, 9.17) is 9.05 Å². The average Bonchev–Trinajstić information content (AvgIpc) is 2.95. The fraction of sp³-hybridized carbons (Fsp3) is 0.971. The summed E-state index contributed by atoms with van der Waals surface area (Å²) >= 11 is 0. The standard InChI is InChI=1S/C35H73N2O6P/c1-6-8-10-12-14-16-18-19-20-22-24-26-28-34(38)33(32-43-44(40,41)42-31-30-37(3,4)5)36-35(39)29-27-25-23-21-17-15-13-11-9-7-2/h33-34,38H,6-32H2,1-5H3,(H-,36,39,40,41)/p+1. The second kappa shape index (κ2) is 28.7. The highest BCUT2D eigenvalue weighted by Gasteiger charge is 2.28. The van der Waals surface area contributed by atoms with Crippen molar-refractivity contribution in [3.63, 3.8) is 0 Å². The molecular formula is C35H74N2O6P+. The van der Waals surface area contributed by atoms with Crippen molar-refractivity contribution in [3.05, 3.63) is 0 Å². The summed E-state index contributed by atoms with van der Waals surface area (Å²) in [6, 6.07) is -0.749. The molecule has 0 aromatic carbocycles. The van der Waals surface area contributed by atoms with Crippen LogP contribution in [0.4, 0.5) is 0 Å². The predicted molar refractivity (Wildman–Crippen MR) is 185 cm³/mol. The van der Waals surface area contributed by atoms with E-state index in [1.54, 1.807) is 0 Å². The highest BCUT2D eigenvalue weighted by molar-refractivity contribution is 7.47. The number of quaternary nitrogens is 1. The second-order valence-electron chi connectivity index (χ2n) is 14.0. The predicted octanol–water partition coefficient (Wildman–Crippen LogP) is 9.07. The number of amides is 1. The number of rotatable bonds is 33. The molecular weight excluding hydrogens is 575 g/mol. The van der Waals surface area contributed by atoms with Crippen LogP contribution in [0.5, 0.6) is 0 Å². The number of nitrogens with one attached hydrogen (secondary N) is 1. The Morgan fingerprint density at radius 3 is 1.52 bits per heavy atom. The number of carbonyl (C=O) groups is 1. The van der Waals surface area contributed by atoms with Crippen molar-refractivity contribution >= 4 is 13.7 Å². The minimum Gasteiger partial charge on any atom is -0.391 e. The van der Waals surface area contributed by atoms with Crippen LogP contribution in [0.25, 0.3) is 0 Å². The Bertz CT molecular complexity index is 703. The first-order valence-corrected chi connectivity index (χ1v) is 19.9. The number of carbonyl (C=O) groups excluding carboxylic acids is 1. The van der Waals surface area contributed by atoms with Crippen LogP contribution in [0.1, 0.15) is 168 Å². The molecule has 0 aliphatic heterocycles. The van der Waals surface area contributed by atoms with Crippen LogP contribution >= 0.6 is 7.82 Å². The van der Waals surface area contributed by atoms with Crippen LogP contribution in [0.15, 0.2) is 0 Å². The maximum absolute atomic E-state index is 12.7. The van der Waals surface area contributed by atoms with E-state index in [1.807, 2.05) is 21.1 Å². The number of hydrogen-bond acceptors (Lipinski definition) is 5. The number of nitrogens with zero attached hydrogens (tertiary/aromatic N) is 1. The van der Waals surface area contributed by atoms with Gasteiger partial charge < -0.3 is 19.8 Å². The van der Waals surface area contributed by atoms with Crippen molar-refractivity contribution in [1.29, 1.82) is 0 Å². The summed E-state index contributed by atoms with van der Waals surface area (Å²) in [5.41, 5.74) is 0. The molecule has 0 bridgehead atoms. The maximum Gasteiger partial charge on any atom is 0.472 e. The van der Waals surface area contributed by atoms with E-state index in [9.17, 15) is 19.4 Å². The zero-order chi connectivity index (χ0) is 32.9. The highest BCUT2D eigenvalue weighted by Crippen LogP contribution is 2.43. The molecule has 3 atom stereocenters. The first kappa shape index (κ1) is 43.5. The van der Waals surface area contributed by atoms with Gasteiger partial charge in [-0.3, -0.25) is 13.8 Å². The van der Waals surface area contributed by atoms with E-state index >= 15 is 0 Å². The minimum absolute atomic E-state index is 0.0778. The van der Waals surface area contributed by atoms with Gasteiger partial charge in [0, 0.05) is 6.42 Å². The van der Waals surface area contributed by atoms with Crippen LogP contribution in [0, 0.1) is 0 Å². The van der Waals surface area contributed by atoms with E-state index in [-0.39, 0.29) is 19.1 Å². The van der Waals surface area contributed by atoms with Crippen molar-refractivity contribution < 1.29 is 32.9 Å². The molecule has 44 heavy (non-hydrogen) atoms. The van der Waals surface area contributed by atoms with Crippen LogP contribution in [0.3, 0.4) is 0 Å². The van der Waals surface area contributed by atoms with Gasteiger partial charge in [-0.05, 0) is 12.8 Å². The van der Waals surface area contributed by atoms with Gasteiger partial charge in [-0.2, -0.15) is 0 Å². The third kappa shape index (κ3) is 30.2. The molecule has 0 saturated heterocycles. The molecule has 0 rings (SSSR count). The quantitative estimate of drug-likeness (QED) is 0.0372. The normalized spacial score (nSPS) is 14.8. The lowest BCUT2D eigenvalue weighted by Crippen LogP contribution is -2.46. The lowest BCUT2D eigenvalue weighted by atomic mass is 10.0. The lowest BCUT2D eigenvalue weighted by Gasteiger charge is -2.26. The maximum atomic E-state index is 12.7. The monoisotopic (exact) mass is 650 g/mol. The summed E-state index contributed by atoms with van der Waals surface area (Å²) in [6.45, 7) is 4.85. The van der Waals surface area contributed by atoms with Crippen LogP contribution in [-0.2, 0) is 18.4 Å². The van der Waals surface area contributed by atoms with Crippen LogP contribution in [0.2, 0.25) is 0 Å². The van der Waals surface area contributed by atoms with Crippen LogP contribution in [-0.4, -0.2) is 73.4 Å². The molecule has 0 heterocycles. The molecule has 0 aliphatic rings. The summed E-state index contributed by atoms with van der Waals surface area (Å²) in [4.78, 5) is 22.9. The lowest BCUT2D eigenvalue weighted by molar-refractivity contribution is -0.870. The Morgan fingerprint density at radius 1 is 0.682 bits per heavy atom. The number of hydrogen-bond donors (Lipinski definition) is 3. The molecule has 0 saturated carbocycles. The molecule has 0 spiro atoms. The van der Waals surface area contributed by atoms with E-state index in [1.165, 1.54) is 103 Å². The fourth-order valence-corrected chi connectivity index (χ4v) is 6.07. The summed E-state index contributed by atoms with van der Waals surface area (Å²) in [5, 5.41) is 13.8. The third-order valence-electron chi connectivity index (χ3n) is 8.36. The molecule has 0 aromatic heterocycles. The Balaban J connectivity index is 4.49. The topological polar surface area (TPSA) is 105 Å². The first-order chi connectivity index (χ1) is 21.0. The molecule has 0 radical (unpaired) electrons. The Morgan fingerprint density at radius 2 is 1.09 bits per heavy atom. The van der Waals surface area contributed by atoms with Crippen molar-refractivity contribution in [3.8, 4) is 0 Å². The van der Waals surface area contributed by atoms with Crippen molar-refractivity contribution in [2.75, 3.05) is 40.9 Å². The number of phosphoric ester groups is 1. The zero-order valence-corrected chi connectivity index (χ0v) is 30.6. The van der Waals surface area contributed by atoms with Crippen LogP contribution < -0.4 is 5.32 Å². The molecule has 9 heteroatoms. The van der Waals surface area contributed by atoms with E-state index in [0.29, 0.717) is 23.9 Å². The van der Waals surface area contributed by atoms with E-state index < -0.39 is 20.0 Å². The van der Waals surface area contributed by atoms with Gasteiger partial charge in [-0.1, -0.05) is 149 Å². The third-order valence-corrected chi connectivity index (χ3v) is 9.34. The fourth-order valence-electron chi connectivity index (χ4n) is 5.34. The second-order valence-corrected chi connectivity index (χ2v) is 15.4. The SMILES string of the molecule is CCCCCCCCCCCCCCC(O)C(COP(=O)(O)OCC[N+](C)(C)C)NC(=O)CCCCCCCCCCCC. The zero-order valence-electron chi connectivity index (χ0n) is 29.7. The largest absolute Gasteiger partial charge is 0.472 e. The van der Waals surface area contributed by atoms with Crippen molar-refractivity contribution in [1.82, 2.24) is 5.32 Å². The Hall–Kier alpha value is -0.500. The number of aliphatic hydroxyl groups is 1.